The quantitative estimate of drug-likeness (QED) is 0.303. The predicted octanol–water partition coefficient (Wildman–Crippen LogP) is -1.66. The van der Waals surface area contributed by atoms with Gasteiger partial charge in [0.15, 0.2) is 0 Å². The molecule has 1 rings (SSSR count). The molecule has 0 bridgehead atoms. The Bertz CT molecular complexity index is 267. The van der Waals surface area contributed by atoms with E-state index >= 15 is 0 Å². The fourth-order valence-corrected chi connectivity index (χ4v) is 0.541. The highest BCUT2D eigenvalue weighted by molar-refractivity contribution is 5.98. The summed E-state index contributed by atoms with van der Waals surface area (Å²) in [5, 5.41) is 9.13. The number of nitrogens with two attached hydrogens (primary N) is 2. The molecule has 7 heteroatoms. The van der Waals surface area contributed by atoms with E-state index < -0.39 is 0 Å². The van der Waals surface area contributed by atoms with Crippen LogP contribution in [-0.2, 0) is 4.84 Å². The maximum atomic E-state index is 5.35. The zero-order valence-electron chi connectivity index (χ0n) is 5.87. The minimum absolute atomic E-state index is 0.0648. The SMILES string of the molecule is CON=C(N)c1no[nH+]c1N. The van der Waals surface area contributed by atoms with Gasteiger partial charge >= 0.3 is 11.5 Å². The molecule has 0 aliphatic rings. The number of nitrogen functional groups attached to an aromatic ring is 1. The third kappa shape index (κ3) is 1.37. The van der Waals surface area contributed by atoms with Crippen molar-refractivity contribution in [2.45, 2.75) is 0 Å². The number of oxime groups is 1. The monoisotopic (exact) mass is 158 g/mol. The van der Waals surface area contributed by atoms with Gasteiger partial charge in [-0.15, -0.1) is 4.63 Å². The minimum Gasteiger partial charge on any atom is -0.397 e. The number of amidine groups is 1. The number of aromatic amines is 1. The lowest BCUT2D eigenvalue weighted by Crippen LogP contribution is -2.17. The maximum absolute atomic E-state index is 5.35. The normalized spacial score (nSPS) is 11.5. The predicted molar refractivity (Wildman–Crippen MR) is 35.2 cm³/mol. The largest absolute Gasteiger partial charge is 0.397 e. The van der Waals surface area contributed by atoms with Crippen molar-refractivity contribution in [2.75, 3.05) is 12.8 Å². The summed E-state index contributed by atoms with van der Waals surface area (Å²) >= 11 is 0. The van der Waals surface area contributed by atoms with Gasteiger partial charge in [-0.3, -0.25) is 0 Å². The summed E-state index contributed by atoms with van der Waals surface area (Å²) in [4.78, 5) is 4.39. The van der Waals surface area contributed by atoms with E-state index in [-0.39, 0.29) is 17.3 Å². The Labute approximate surface area is 61.9 Å². The Morgan fingerprint density at radius 1 is 1.82 bits per heavy atom. The summed E-state index contributed by atoms with van der Waals surface area (Å²) in [6, 6.07) is 0. The Balaban J connectivity index is 2.92. The number of hydrogen-bond acceptors (Lipinski definition) is 5. The molecule has 0 unspecified atom stereocenters. The van der Waals surface area contributed by atoms with Crippen LogP contribution in [0.5, 0.6) is 0 Å². The zero-order valence-corrected chi connectivity index (χ0v) is 5.87. The molecule has 0 radical (unpaired) electrons. The first-order valence-corrected chi connectivity index (χ1v) is 2.75. The van der Waals surface area contributed by atoms with Crippen LogP contribution >= 0.6 is 0 Å². The second-order valence-electron chi connectivity index (χ2n) is 1.71. The van der Waals surface area contributed by atoms with Gasteiger partial charge in [-0.2, -0.15) is 0 Å². The van der Waals surface area contributed by atoms with Crippen molar-refractivity contribution >= 4 is 11.7 Å². The van der Waals surface area contributed by atoms with Gasteiger partial charge in [0.2, 0.25) is 5.84 Å². The van der Waals surface area contributed by atoms with Gasteiger partial charge in [-0.25, -0.2) is 0 Å². The lowest BCUT2D eigenvalue weighted by molar-refractivity contribution is -0.610. The average molecular weight is 158 g/mol. The van der Waals surface area contributed by atoms with E-state index in [4.69, 9.17) is 11.5 Å². The van der Waals surface area contributed by atoms with Crippen LogP contribution in [-0.4, -0.2) is 18.1 Å². The van der Waals surface area contributed by atoms with E-state index in [9.17, 15) is 0 Å². The highest BCUT2D eigenvalue weighted by Crippen LogP contribution is 1.98. The molecule has 1 aromatic rings. The molecule has 0 saturated heterocycles. The molecule has 0 saturated carbocycles. The Morgan fingerprint density at radius 2 is 2.55 bits per heavy atom. The van der Waals surface area contributed by atoms with Crippen LogP contribution in [0.4, 0.5) is 5.82 Å². The molecular formula is C4H8N5O2+. The van der Waals surface area contributed by atoms with Crippen molar-refractivity contribution in [3.05, 3.63) is 5.69 Å². The third-order valence-electron chi connectivity index (χ3n) is 0.980. The van der Waals surface area contributed by atoms with E-state index in [0.29, 0.717) is 0 Å². The standard InChI is InChI=1S/C4H7N5O2/c1-10-8-3(5)2-4(6)9-11-7-2/h1H3,(H2,5,8)(H2,6,9)/p+1. The van der Waals surface area contributed by atoms with E-state index in [0.717, 1.165) is 0 Å². The molecule has 0 aliphatic carbocycles. The molecule has 1 heterocycles. The van der Waals surface area contributed by atoms with Crippen LogP contribution in [0.3, 0.4) is 0 Å². The maximum Gasteiger partial charge on any atom is 0.303 e. The van der Waals surface area contributed by atoms with Gasteiger partial charge in [-0.05, 0) is 0 Å². The lowest BCUT2D eigenvalue weighted by atomic mass is 10.4. The minimum atomic E-state index is 0.0648. The van der Waals surface area contributed by atoms with Crippen LogP contribution in [0.1, 0.15) is 5.69 Å². The molecule has 11 heavy (non-hydrogen) atoms. The van der Waals surface area contributed by atoms with E-state index in [1.54, 1.807) is 0 Å². The summed E-state index contributed by atoms with van der Waals surface area (Å²) in [6.45, 7) is 0. The average Bonchev–Trinajstić information content (AvgIpc) is 2.36. The number of nitrogens with one attached hydrogen (secondary N) is 1. The summed E-state index contributed by atoms with van der Waals surface area (Å²) in [7, 11) is 1.37. The number of aromatic nitrogens is 2. The van der Waals surface area contributed by atoms with E-state index in [2.05, 4.69) is 24.9 Å². The zero-order chi connectivity index (χ0) is 8.27. The van der Waals surface area contributed by atoms with Crippen molar-refractivity contribution in [1.82, 2.24) is 5.16 Å². The third-order valence-corrected chi connectivity index (χ3v) is 0.980. The lowest BCUT2D eigenvalue weighted by Gasteiger charge is -1.88. The highest BCUT2D eigenvalue weighted by Gasteiger charge is 2.17. The number of H-pyrrole nitrogens is 1. The summed E-state index contributed by atoms with van der Waals surface area (Å²) < 4.78 is 4.40. The Morgan fingerprint density at radius 3 is 3.00 bits per heavy atom. The van der Waals surface area contributed by atoms with E-state index in [1.165, 1.54) is 7.11 Å². The van der Waals surface area contributed by atoms with Gasteiger partial charge in [0.25, 0.3) is 0 Å². The second-order valence-corrected chi connectivity index (χ2v) is 1.71. The van der Waals surface area contributed by atoms with Crippen LogP contribution in [0.25, 0.3) is 0 Å². The van der Waals surface area contributed by atoms with Crippen LogP contribution < -0.4 is 16.6 Å². The fourth-order valence-electron chi connectivity index (χ4n) is 0.541. The molecule has 0 atom stereocenters. The van der Waals surface area contributed by atoms with Crippen molar-refractivity contribution < 1.29 is 14.6 Å². The molecular weight excluding hydrogens is 150 g/mol. The summed E-state index contributed by atoms with van der Waals surface area (Å²) in [5.74, 6) is 0.276. The van der Waals surface area contributed by atoms with Gasteiger partial charge in [-0.1, -0.05) is 10.3 Å². The first-order valence-electron chi connectivity index (χ1n) is 2.75. The van der Waals surface area contributed by atoms with Crippen molar-refractivity contribution in [2.24, 2.45) is 10.9 Å². The smallest absolute Gasteiger partial charge is 0.303 e. The van der Waals surface area contributed by atoms with Gasteiger partial charge in [0.1, 0.15) is 7.11 Å². The molecule has 5 N–H and O–H groups in total. The first-order chi connectivity index (χ1) is 5.25. The first kappa shape index (κ1) is 7.32. The molecule has 60 valence electrons. The van der Waals surface area contributed by atoms with Crippen LogP contribution in [0, 0.1) is 0 Å². The summed E-state index contributed by atoms with van der Waals surface area (Å²) in [6.07, 6.45) is 0. The van der Waals surface area contributed by atoms with Gasteiger partial charge in [0.05, 0.1) is 5.16 Å². The van der Waals surface area contributed by atoms with Crippen LogP contribution in [0.15, 0.2) is 9.78 Å². The highest BCUT2D eigenvalue weighted by atomic mass is 16.6. The number of hydrogen-bond donors (Lipinski definition) is 2. The molecule has 1 aromatic heterocycles. The molecule has 0 aliphatic heterocycles. The van der Waals surface area contributed by atoms with Crippen molar-refractivity contribution in [1.29, 1.82) is 0 Å². The molecule has 0 aromatic carbocycles. The topological polar surface area (TPSA) is 114 Å². The van der Waals surface area contributed by atoms with Crippen LogP contribution in [0.2, 0.25) is 0 Å². The second kappa shape index (κ2) is 2.86. The molecule has 0 spiro atoms. The fraction of sp³-hybridized carbons (Fsp3) is 0.250. The van der Waals surface area contributed by atoms with E-state index in [1.807, 2.05) is 0 Å². The summed E-state index contributed by atoms with van der Waals surface area (Å²) in [5.41, 5.74) is 10.9. The Kier molecular flexibility index (Phi) is 1.90. The Hall–Kier alpha value is -1.79. The molecule has 0 fully saturated rings. The number of anilines is 1. The molecule has 0 amide bonds. The van der Waals surface area contributed by atoms with Crippen molar-refractivity contribution in [3.8, 4) is 0 Å². The van der Waals surface area contributed by atoms with Crippen molar-refractivity contribution in [3.63, 3.8) is 0 Å². The van der Waals surface area contributed by atoms with Gasteiger partial charge < -0.3 is 16.3 Å². The molecule has 7 nitrogen and oxygen atoms in total. The number of nitrogens with zero attached hydrogens (tertiary/aromatic N) is 2. The number of rotatable bonds is 2. The van der Waals surface area contributed by atoms with Gasteiger partial charge in [0, 0.05) is 0 Å².